The molecule has 2 atom stereocenters. The largest absolute Gasteiger partial charge is 0.438 e. The molecule has 1 saturated heterocycles. The Labute approximate surface area is 233 Å². The molecule has 188 valence electrons. The van der Waals surface area contributed by atoms with Crippen LogP contribution in [0.5, 0.6) is 11.6 Å². The second kappa shape index (κ2) is 9.87. The summed E-state index contributed by atoms with van der Waals surface area (Å²) in [5, 5.41) is 6.00. The molecule has 5 aromatic rings. The Hall–Kier alpha value is -3.72. The second-order valence-corrected chi connectivity index (χ2v) is 10.5. The lowest BCUT2D eigenvalue weighted by molar-refractivity contribution is -0.142. The number of thiophene rings is 1. The van der Waals surface area contributed by atoms with Crippen molar-refractivity contribution in [2.45, 2.75) is 17.9 Å². The number of hydrogen-bond acceptors (Lipinski definition) is 7. The van der Waals surface area contributed by atoms with Gasteiger partial charge < -0.3 is 4.74 Å². The van der Waals surface area contributed by atoms with E-state index in [1.807, 2.05) is 41.1 Å². The molecule has 0 bridgehead atoms. The summed E-state index contributed by atoms with van der Waals surface area (Å²) in [6.45, 7) is 0. The van der Waals surface area contributed by atoms with Crippen molar-refractivity contribution in [3.63, 3.8) is 0 Å². The maximum atomic E-state index is 13.8. The van der Waals surface area contributed by atoms with Gasteiger partial charge in [-0.2, -0.15) is 11.3 Å². The number of carbonyl (C=O) groups is 2. The number of thiol groups is 1. The summed E-state index contributed by atoms with van der Waals surface area (Å²) in [7, 11) is 0. The molecular weight excluding hydrogens is 538 g/mol. The molecule has 0 radical (unpaired) electrons. The quantitative estimate of drug-likeness (QED) is 0.190. The van der Waals surface area contributed by atoms with Crippen molar-refractivity contribution in [3.8, 4) is 11.6 Å². The van der Waals surface area contributed by atoms with E-state index in [1.54, 1.807) is 54.9 Å². The Morgan fingerprint density at radius 3 is 2.68 bits per heavy atom. The molecule has 3 aromatic heterocycles. The van der Waals surface area contributed by atoms with E-state index in [2.05, 4.69) is 4.98 Å². The average molecular weight is 558 g/mol. The van der Waals surface area contributed by atoms with Crippen LogP contribution in [0.3, 0.4) is 0 Å². The van der Waals surface area contributed by atoms with Crippen molar-refractivity contribution in [2.75, 3.05) is 0 Å². The van der Waals surface area contributed by atoms with Crippen LogP contribution in [0.15, 0.2) is 96.0 Å². The number of halogens is 1. The molecular formula is C29H20ClN3O3S2. The summed E-state index contributed by atoms with van der Waals surface area (Å²) in [4.78, 5) is 36.5. The first kappa shape index (κ1) is 24.6. The summed E-state index contributed by atoms with van der Waals surface area (Å²) in [6, 6.07) is 21.7. The van der Waals surface area contributed by atoms with Crippen LogP contribution in [0.2, 0.25) is 5.02 Å². The van der Waals surface area contributed by atoms with Gasteiger partial charge in [-0.1, -0.05) is 60.8 Å². The zero-order valence-electron chi connectivity index (χ0n) is 19.8. The summed E-state index contributed by atoms with van der Waals surface area (Å²) in [5.41, 5.74) is 0.461. The van der Waals surface area contributed by atoms with Crippen LogP contribution in [0.25, 0.3) is 10.8 Å². The fourth-order valence-electron chi connectivity index (χ4n) is 4.95. The van der Waals surface area contributed by atoms with Gasteiger partial charge in [0.1, 0.15) is 17.2 Å². The number of carbonyl (C=O) groups excluding carboxylic acids is 2. The lowest BCUT2D eigenvalue weighted by atomic mass is 9.75. The number of rotatable bonds is 5. The van der Waals surface area contributed by atoms with Gasteiger partial charge in [-0.15, -0.1) is 0 Å². The molecule has 6 nitrogen and oxygen atoms in total. The second-order valence-electron chi connectivity index (χ2n) is 8.94. The SMILES string of the molecule is O=C1CC(c2ccsc2)(c2cccc(Oc3cccc4ccncc34)n2)N(S)C(=O)C1c1ccccc1Cl. The molecule has 1 aliphatic rings. The fourth-order valence-corrected chi connectivity index (χ4v) is 6.33. The van der Waals surface area contributed by atoms with Crippen LogP contribution in [-0.2, 0) is 15.1 Å². The van der Waals surface area contributed by atoms with E-state index in [4.69, 9.17) is 34.1 Å². The molecule has 0 aliphatic carbocycles. The van der Waals surface area contributed by atoms with E-state index in [-0.39, 0.29) is 12.2 Å². The first-order valence-electron chi connectivity index (χ1n) is 11.8. The lowest BCUT2D eigenvalue weighted by Crippen LogP contribution is -2.54. The van der Waals surface area contributed by atoms with E-state index in [0.29, 0.717) is 27.9 Å². The summed E-state index contributed by atoms with van der Waals surface area (Å²) in [6.07, 6.45) is 3.44. The van der Waals surface area contributed by atoms with Gasteiger partial charge in [-0.25, -0.2) is 4.98 Å². The number of nitrogens with zero attached hydrogens (tertiary/aromatic N) is 3. The number of hydrogen-bond donors (Lipinski definition) is 1. The highest BCUT2D eigenvalue weighted by molar-refractivity contribution is 7.78. The number of Topliss-reactive ketones (excluding diaryl/α,β-unsaturated/α-hetero) is 1. The Morgan fingerprint density at radius 1 is 1.03 bits per heavy atom. The molecule has 2 unspecified atom stereocenters. The molecule has 1 aliphatic heterocycles. The van der Waals surface area contributed by atoms with Crippen LogP contribution < -0.4 is 4.74 Å². The minimum atomic E-state index is -1.23. The topological polar surface area (TPSA) is 72.4 Å². The Morgan fingerprint density at radius 2 is 1.87 bits per heavy atom. The van der Waals surface area contributed by atoms with Crippen molar-refractivity contribution in [1.29, 1.82) is 0 Å². The van der Waals surface area contributed by atoms with Gasteiger partial charge in [-0.3, -0.25) is 18.9 Å². The van der Waals surface area contributed by atoms with Gasteiger partial charge in [0.2, 0.25) is 11.8 Å². The first-order valence-corrected chi connectivity index (χ1v) is 13.5. The monoisotopic (exact) mass is 557 g/mol. The van der Waals surface area contributed by atoms with E-state index >= 15 is 0 Å². The number of benzene rings is 2. The van der Waals surface area contributed by atoms with Crippen molar-refractivity contribution in [3.05, 3.63) is 118 Å². The third-order valence-electron chi connectivity index (χ3n) is 6.79. The molecule has 0 N–H and O–H groups in total. The molecule has 9 heteroatoms. The van der Waals surface area contributed by atoms with Crippen molar-refractivity contribution < 1.29 is 14.3 Å². The van der Waals surface area contributed by atoms with Gasteiger partial charge in [-0.05, 0) is 57.6 Å². The van der Waals surface area contributed by atoms with E-state index in [9.17, 15) is 9.59 Å². The maximum absolute atomic E-state index is 13.8. The number of ketones is 1. The highest BCUT2D eigenvalue weighted by Crippen LogP contribution is 2.48. The van der Waals surface area contributed by atoms with E-state index < -0.39 is 17.4 Å². The van der Waals surface area contributed by atoms with Gasteiger partial charge in [0.05, 0.1) is 5.69 Å². The maximum Gasteiger partial charge on any atom is 0.248 e. The Balaban J connectivity index is 1.44. The zero-order chi connectivity index (χ0) is 26.3. The number of fused-ring (bicyclic) bond motifs is 1. The Kier molecular flexibility index (Phi) is 6.39. The molecule has 38 heavy (non-hydrogen) atoms. The molecule has 6 rings (SSSR count). The predicted molar refractivity (Wildman–Crippen MR) is 151 cm³/mol. The summed E-state index contributed by atoms with van der Waals surface area (Å²) < 4.78 is 7.53. The van der Waals surface area contributed by atoms with Crippen LogP contribution in [0.4, 0.5) is 0 Å². The molecule has 0 spiro atoms. The van der Waals surface area contributed by atoms with Crippen LogP contribution in [0.1, 0.15) is 29.2 Å². The summed E-state index contributed by atoms with van der Waals surface area (Å²) in [5.74, 6) is -0.842. The van der Waals surface area contributed by atoms with Crippen molar-refractivity contribution in [2.24, 2.45) is 0 Å². The Bertz CT molecular complexity index is 1670. The third-order valence-corrected chi connectivity index (χ3v) is 8.36. The zero-order valence-corrected chi connectivity index (χ0v) is 22.3. The number of pyridine rings is 2. The highest BCUT2D eigenvalue weighted by atomic mass is 35.5. The number of piperidine rings is 1. The predicted octanol–water partition coefficient (Wildman–Crippen LogP) is 6.81. The normalized spacial score (nSPS) is 19.6. The summed E-state index contributed by atoms with van der Waals surface area (Å²) >= 11 is 12.6. The minimum absolute atomic E-state index is 0.0243. The standard InChI is InChI=1S/C29H20ClN3O3S2/c30-22-7-2-1-6-20(22)27-23(34)15-29(33(37)28(27)35,19-12-14-38-17-19)25-9-4-10-26(32-25)36-24-8-3-5-18-11-13-31-16-21(18)24/h1-14,16-17,27,37H,15H2. The van der Waals surface area contributed by atoms with Gasteiger partial charge >= 0.3 is 0 Å². The molecule has 1 amide bonds. The molecule has 1 fully saturated rings. The molecule has 4 heterocycles. The number of ether oxygens (including phenoxy) is 1. The molecule has 0 saturated carbocycles. The first-order chi connectivity index (χ1) is 18.5. The van der Waals surface area contributed by atoms with Gasteiger partial charge in [0.15, 0.2) is 5.78 Å². The average Bonchev–Trinajstić information content (AvgIpc) is 3.48. The van der Waals surface area contributed by atoms with E-state index in [1.165, 1.54) is 15.6 Å². The van der Waals surface area contributed by atoms with Gasteiger partial charge in [0.25, 0.3) is 0 Å². The highest BCUT2D eigenvalue weighted by Gasteiger charge is 2.53. The lowest BCUT2D eigenvalue weighted by Gasteiger charge is -2.45. The smallest absolute Gasteiger partial charge is 0.248 e. The van der Waals surface area contributed by atoms with Crippen LogP contribution in [0, 0.1) is 0 Å². The fraction of sp³-hybridized carbons (Fsp3) is 0.103. The molecule has 2 aromatic carbocycles. The van der Waals surface area contributed by atoms with E-state index in [0.717, 1.165) is 16.3 Å². The number of amides is 1. The third kappa shape index (κ3) is 4.05. The number of aromatic nitrogens is 2. The van der Waals surface area contributed by atoms with Crippen molar-refractivity contribution >= 4 is 58.2 Å². The van der Waals surface area contributed by atoms with Crippen LogP contribution >= 0.6 is 35.8 Å². The minimum Gasteiger partial charge on any atom is -0.438 e. The van der Waals surface area contributed by atoms with Crippen LogP contribution in [-0.4, -0.2) is 26.0 Å². The van der Waals surface area contributed by atoms with Crippen molar-refractivity contribution in [1.82, 2.24) is 14.3 Å². The van der Waals surface area contributed by atoms with Gasteiger partial charge in [0, 0.05) is 35.3 Å².